The number of sulfonamides is 1. The number of anilines is 1. The summed E-state index contributed by atoms with van der Waals surface area (Å²) in [6.07, 6.45) is 0. The average Bonchev–Trinajstić information content (AvgIpc) is 2.33. The van der Waals surface area contributed by atoms with Crippen molar-refractivity contribution in [2.75, 3.05) is 4.72 Å². The Hall–Kier alpha value is -0.850. The number of hydrogen-bond donors (Lipinski definition) is 1. The van der Waals surface area contributed by atoms with Crippen LogP contribution in [0.15, 0.2) is 57.5 Å². The minimum Gasteiger partial charge on any atom is -0.282 e. The maximum absolute atomic E-state index is 12.1. The predicted molar refractivity (Wildman–Crippen MR) is 84.5 cm³/mol. The third-order valence-corrected chi connectivity index (χ3v) is 4.79. The van der Waals surface area contributed by atoms with Crippen LogP contribution >= 0.6 is 31.9 Å². The molecule has 0 heterocycles. The van der Waals surface area contributed by atoms with Gasteiger partial charge in [0.15, 0.2) is 0 Å². The lowest BCUT2D eigenvalue weighted by atomic mass is 10.2. The first kappa shape index (κ1) is 14.6. The van der Waals surface area contributed by atoms with Gasteiger partial charge in [-0.1, -0.05) is 46.3 Å². The van der Waals surface area contributed by atoms with Crippen molar-refractivity contribution in [2.45, 2.75) is 5.75 Å². The number of nitrogens with one attached hydrogen (secondary N) is 1. The smallest absolute Gasteiger partial charge is 0.236 e. The van der Waals surface area contributed by atoms with E-state index in [1.165, 1.54) is 0 Å². The summed E-state index contributed by atoms with van der Waals surface area (Å²) >= 11 is 6.65. The molecule has 0 aliphatic rings. The van der Waals surface area contributed by atoms with E-state index in [9.17, 15) is 8.42 Å². The topological polar surface area (TPSA) is 46.2 Å². The van der Waals surface area contributed by atoms with Gasteiger partial charge in [-0.15, -0.1) is 0 Å². The fourth-order valence-corrected chi connectivity index (χ4v) is 4.06. The van der Waals surface area contributed by atoms with Crippen LogP contribution in [0.4, 0.5) is 5.69 Å². The summed E-state index contributed by atoms with van der Waals surface area (Å²) in [5, 5.41) is 0. The van der Waals surface area contributed by atoms with Crippen LogP contribution in [0.3, 0.4) is 0 Å². The van der Waals surface area contributed by atoms with E-state index in [0.717, 1.165) is 10.0 Å². The average molecular weight is 405 g/mol. The van der Waals surface area contributed by atoms with Crippen LogP contribution in [-0.2, 0) is 15.8 Å². The van der Waals surface area contributed by atoms with Crippen molar-refractivity contribution in [3.05, 3.63) is 63.0 Å². The molecular weight excluding hydrogens is 394 g/mol. The Morgan fingerprint density at radius 2 is 1.68 bits per heavy atom. The second-order valence-corrected chi connectivity index (χ2v) is 7.46. The van der Waals surface area contributed by atoms with E-state index in [2.05, 4.69) is 36.6 Å². The predicted octanol–water partition coefficient (Wildman–Crippen LogP) is 4.15. The molecule has 0 aliphatic heterocycles. The Morgan fingerprint density at radius 3 is 2.32 bits per heavy atom. The third-order valence-electron chi connectivity index (χ3n) is 2.40. The van der Waals surface area contributed by atoms with Crippen molar-refractivity contribution >= 4 is 47.6 Å². The fourth-order valence-electron chi connectivity index (χ4n) is 1.57. The summed E-state index contributed by atoms with van der Waals surface area (Å²) < 4.78 is 28.3. The van der Waals surface area contributed by atoms with Gasteiger partial charge in [0.25, 0.3) is 0 Å². The SMILES string of the molecule is O=S(=O)(Cc1ccccc1)Nc1ccc(Br)cc1Br. The van der Waals surface area contributed by atoms with Crippen LogP contribution in [0.5, 0.6) is 0 Å². The second kappa shape index (κ2) is 6.07. The van der Waals surface area contributed by atoms with Crippen molar-refractivity contribution in [2.24, 2.45) is 0 Å². The molecule has 0 atom stereocenters. The molecule has 2 rings (SSSR count). The fraction of sp³-hybridized carbons (Fsp3) is 0.0769. The van der Waals surface area contributed by atoms with Gasteiger partial charge in [0, 0.05) is 8.95 Å². The zero-order valence-electron chi connectivity index (χ0n) is 9.81. The quantitative estimate of drug-likeness (QED) is 0.831. The normalized spacial score (nSPS) is 11.3. The summed E-state index contributed by atoms with van der Waals surface area (Å²) in [5.41, 5.74) is 1.28. The van der Waals surface area contributed by atoms with Crippen LogP contribution in [0.2, 0.25) is 0 Å². The van der Waals surface area contributed by atoms with Crippen molar-refractivity contribution < 1.29 is 8.42 Å². The highest BCUT2D eigenvalue weighted by atomic mass is 79.9. The van der Waals surface area contributed by atoms with Gasteiger partial charge in [0.1, 0.15) is 0 Å². The summed E-state index contributed by atoms with van der Waals surface area (Å²) in [6, 6.07) is 14.4. The van der Waals surface area contributed by atoms with Crippen molar-refractivity contribution in [1.29, 1.82) is 0 Å². The zero-order valence-corrected chi connectivity index (χ0v) is 13.8. The lowest BCUT2D eigenvalue weighted by molar-refractivity contribution is 0.600. The monoisotopic (exact) mass is 403 g/mol. The molecular formula is C13H11Br2NO2S. The van der Waals surface area contributed by atoms with Gasteiger partial charge in [0.05, 0.1) is 11.4 Å². The molecule has 19 heavy (non-hydrogen) atoms. The van der Waals surface area contributed by atoms with E-state index >= 15 is 0 Å². The van der Waals surface area contributed by atoms with Gasteiger partial charge in [0.2, 0.25) is 10.0 Å². The molecule has 0 aliphatic carbocycles. The zero-order chi connectivity index (χ0) is 13.9. The molecule has 1 N–H and O–H groups in total. The first-order chi connectivity index (χ1) is 8.96. The molecule has 2 aromatic carbocycles. The number of benzene rings is 2. The first-order valence-electron chi connectivity index (χ1n) is 5.46. The molecule has 0 amide bonds. The molecule has 0 fully saturated rings. The van der Waals surface area contributed by atoms with Crippen molar-refractivity contribution in [1.82, 2.24) is 0 Å². The van der Waals surface area contributed by atoms with E-state index in [0.29, 0.717) is 10.2 Å². The Morgan fingerprint density at radius 1 is 1.00 bits per heavy atom. The highest BCUT2D eigenvalue weighted by Gasteiger charge is 2.13. The molecule has 0 saturated heterocycles. The standard InChI is InChI=1S/C13H11Br2NO2S/c14-11-6-7-13(12(15)8-11)16-19(17,18)9-10-4-2-1-3-5-10/h1-8,16H,9H2. The van der Waals surface area contributed by atoms with E-state index in [1.807, 2.05) is 18.2 Å². The van der Waals surface area contributed by atoms with Gasteiger partial charge in [-0.2, -0.15) is 0 Å². The Labute approximate surface area is 129 Å². The van der Waals surface area contributed by atoms with E-state index in [-0.39, 0.29) is 5.75 Å². The minimum atomic E-state index is -3.42. The maximum atomic E-state index is 12.1. The molecule has 0 unspecified atom stereocenters. The van der Waals surface area contributed by atoms with Crippen LogP contribution in [0.1, 0.15) is 5.56 Å². The van der Waals surface area contributed by atoms with Crippen LogP contribution in [0, 0.1) is 0 Å². The maximum Gasteiger partial charge on any atom is 0.236 e. The number of hydrogen-bond acceptors (Lipinski definition) is 2. The highest BCUT2D eigenvalue weighted by molar-refractivity contribution is 9.11. The highest BCUT2D eigenvalue weighted by Crippen LogP contribution is 2.27. The minimum absolute atomic E-state index is 0.0453. The molecule has 0 aromatic heterocycles. The molecule has 3 nitrogen and oxygen atoms in total. The van der Waals surface area contributed by atoms with E-state index in [4.69, 9.17) is 0 Å². The summed E-state index contributed by atoms with van der Waals surface area (Å²) in [5.74, 6) is -0.0453. The number of rotatable bonds is 4. The molecule has 0 spiro atoms. The summed E-state index contributed by atoms with van der Waals surface area (Å²) in [7, 11) is -3.42. The third kappa shape index (κ3) is 4.33. The van der Waals surface area contributed by atoms with Crippen molar-refractivity contribution in [3.63, 3.8) is 0 Å². The van der Waals surface area contributed by atoms with Crippen LogP contribution in [-0.4, -0.2) is 8.42 Å². The first-order valence-corrected chi connectivity index (χ1v) is 8.69. The van der Waals surface area contributed by atoms with Crippen LogP contribution in [0.25, 0.3) is 0 Å². The molecule has 0 bridgehead atoms. The largest absolute Gasteiger partial charge is 0.282 e. The molecule has 0 saturated carbocycles. The van der Waals surface area contributed by atoms with Gasteiger partial charge in [-0.3, -0.25) is 4.72 Å². The van der Waals surface area contributed by atoms with Crippen LogP contribution < -0.4 is 4.72 Å². The molecule has 0 radical (unpaired) electrons. The van der Waals surface area contributed by atoms with Gasteiger partial charge >= 0.3 is 0 Å². The Balaban J connectivity index is 2.17. The van der Waals surface area contributed by atoms with Gasteiger partial charge in [-0.05, 0) is 39.7 Å². The second-order valence-electron chi connectivity index (χ2n) is 3.97. The molecule has 6 heteroatoms. The number of halogens is 2. The summed E-state index contributed by atoms with van der Waals surface area (Å²) in [4.78, 5) is 0. The Kier molecular flexibility index (Phi) is 4.65. The lowest BCUT2D eigenvalue weighted by Gasteiger charge is -2.10. The van der Waals surface area contributed by atoms with Gasteiger partial charge < -0.3 is 0 Å². The Bertz CT molecular complexity index is 672. The lowest BCUT2D eigenvalue weighted by Crippen LogP contribution is -2.15. The molecule has 100 valence electrons. The van der Waals surface area contributed by atoms with E-state index < -0.39 is 10.0 Å². The molecule has 2 aromatic rings. The van der Waals surface area contributed by atoms with Gasteiger partial charge in [-0.25, -0.2) is 8.42 Å². The van der Waals surface area contributed by atoms with Crippen molar-refractivity contribution in [3.8, 4) is 0 Å². The summed E-state index contributed by atoms with van der Waals surface area (Å²) in [6.45, 7) is 0. The van der Waals surface area contributed by atoms with E-state index in [1.54, 1.807) is 30.3 Å².